The van der Waals surface area contributed by atoms with E-state index in [1.165, 1.54) is 22.7 Å². The molecule has 1 fully saturated rings. The zero-order chi connectivity index (χ0) is 22.3. The standard InChI is InChI=1S/C18H17F3N6O2S2/c1-26-8-9(6-23-26)15-7-22-18(30-15)13-5-14(27(2)31(29)25-13)17(28)24-10-3-11(19)16(21)12(20)4-10/h3-4,6-8,13-14,25H,5H2,1-2H3,(H,24,28). The van der Waals surface area contributed by atoms with E-state index < -0.39 is 47.0 Å². The van der Waals surface area contributed by atoms with E-state index in [9.17, 15) is 22.5 Å². The second-order valence-corrected chi connectivity index (χ2v) is 9.30. The highest BCUT2D eigenvalue weighted by Gasteiger charge is 2.42. The molecule has 164 valence electrons. The Morgan fingerprint density at radius 1 is 1.29 bits per heavy atom. The molecule has 31 heavy (non-hydrogen) atoms. The number of carbonyl (C=O) groups is 1. The van der Waals surface area contributed by atoms with Crippen LogP contribution in [0.25, 0.3) is 10.4 Å². The summed E-state index contributed by atoms with van der Waals surface area (Å²) in [4.78, 5) is 18.0. The number of thiazole rings is 1. The van der Waals surface area contributed by atoms with Crippen molar-refractivity contribution in [3.8, 4) is 10.4 Å². The van der Waals surface area contributed by atoms with Crippen LogP contribution in [0, 0.1) is 17.5 Å². The van der Waals surface area contributed by atoms with E-state index in [-0.39, 0.29) is 12.1 Å². The summed E-state index contributed by atoms with van der Waals surface area (Å²) in [6.45, 7) is 0. The van der Waals surface area contributed by atoms with Gasteiger partial charge in [-0.25, -0.2) is 18.2 Å². The Kier molecular flexibility index (Phi) is 6.03. The predicted octanol–water partition coefficient (Wildman–Crippen LogP) is 2.51. The van der Waals surface area contributed by atoms with Gasteiger partial charge in [-0.05, 0) is 0 Å². The lowest BCUT2D eigenvalue weighted by Crippen LogP contribution is -2.55. The molecule has 1 aliphatic rings. The van der Waals surface area contributed by atoms with Crippen LogP contribution in [0.4, 0.5) is 18.9 Å². The van der Waals surface area contributed by atoms with Gasteiger partial charge in [-0.2, -0.15) is 5.10 Å². The summed E-state index contributed by atoms with van der Waals surface area (Å²) >= 11 is -0.323. The number of likely N-dealkylation sites (N-methyl/N-ethyl adjacent to an activating group) is 1. The van der Waals surface area contributed by atoms with Gasteiger partial charge < -0.3 is 9.87 Å². The number of aryl methyl sites for hydroxylation is 1. The number of anilines is 1. The van der Waals surface area contributed by atoms with Crippen molar-refractivity contribution in [2.75, 3.05) is 12.4 Å². The number of amides is 1. The minimum absolute atomic E-state index is 0.209. The first-order valence-corrected chi connectivity index (χ1v) is 11.0. The Bertz CT molecular complexity index is 1100. The van der Waals surface area contributed by atoms with Gasteiger partial charge in [-0.3, -0.25) is 9.48 Å². The van der Waals surface area contributed by atoms with Gasteiger partial charge in [0, 0.05) is 56.3 Å². The highest BCUT2D eigenvalue weighted by molar-refractivity contribution is 7.87. The van der Waals surface area contributed by atoms with Gasteiger partial charge in [0.1, 0.15) is 28.6 Å². The van der Waals surface area contributed by atoms with Gasteiger partial charge in [0.05, 0.1) is 11.1 Å². The summed E-state index contributed by atoms with van der Waals surface area (Å²) in [6.07, 6.45) is 5.43. The van der Waals surface area contributed by atoms with Crippen LogP contribution in [0.3, 0.4) is 0 Å². The highest BCUT2D eigenvalue weighted by atomic mass is 32.2. The van der Waals surface area contributed by atoms with Crippen LogP contribution >= 0.6 is 11.3 Å². The second-order valence-electron chi connectivity index (χ2n) is 6.93. The molecule has 1 saturated heterocycles. The molecule has 1 amide bonds. The van der Waals surface area contributed by atoms with Gasteiger partial charge in [0.15, 0.2) is 17.5 Å². The van der Waals surface area contributed by atoms with Gasteiger partial charge in [-0.1, -0.05) is 4.31 Å². The fraction of sp³-hybridized carbons (Fsp3) is 0.278. The van der Waals surface area contributed by atoms with Crippen molar-refractivity contribution in [1.29, 1.82) is 0 Å². The van der Waals surface area contributed by atoms with Crippen LogP contribution < -0.4 is 10.0 Å². The Hall–Kier alpha value is -2.45. The zero-order valence-electron chi connectivity index (χ0n) is 16.3. The first-order valence-electron chi connectivity index (χ1n) is 9.04. The van der Waals surface area contributed by atoms with Gasteiger partial charge in [0.25, 0.3) is 0 Å². The number of hydrogen-bond acceptors (Lipinski definition) is 7. The van der Waals surface area contributed by atoms with Crippen LogP contribution in [0.2, 0.25) is 0 Å². The van der Waals surface area contributed by atoms with Crippen molar-refractivity contribution >= 4 is 34.5 Å². The summed E-state index contributed by atoms with van der Waals surface area (Å²) in [5.41, 5.74) is 0.652. The highest BCUT2D eigenvalue weighted by Crippen LogP contribution is 2.34. The van der Waals surface area contributed by atoms with Crippen LogP contribution in [-0.4, -0.2) is 42.6 Å². The van der Waals surface area contributed by atoms with Gasteiger partial charge in [-0.15, -0.1) is 16.1 Å². The third-order valence-electron chi connectivity index (χ3n) is 4.77. The van der Waals surface area contributed by atoms with Crippen molar-refractivity contribution in [2.24, 2.45) is 7.05 Å². The fourth-order valence-corrected chi connectivity index (χ4v) is 5.21. The lowest BCUT2D eigenvalue weighted by Gasteiger charge is -2.35. The van der Waals surface area contributed by atoms with Crippen LogP contribution in [0.15, 0.2) is 30.7 Å². The molecule has 2 aromatic heterocycles. The number of hydrogen-bond donors (Lipinski definition) is 2. The van der Waals surface area contributed by atoms with E-state index in [2.05, 4.69) is 20.1 Å². The zero-order valence-corrected chi connectivity index (χ0v) is 17.9. The molecule has 0 spiro atoms. The molecule has 3 aromatic rings. The Morgan fingerprint density at radius 2 is 2.00 bits per heavy atom. The van der Waals surface area contributed by atoms with Gasteiger partial charge in [0.2, 0.25) is 5.91 Å². The molecular formula is C18H17F3N6O2S2. The smallest absolute Gasteiger partial charge is 0.246 e. The lowest BCUT2D eigenvalue weighted by atomic mass is 10.1. The maximum absolute atomic E-state index is 13.5. The first kappa shape index (κ1) is 21.8. The topological polar surface area (TPSA) is 98.1 Å². The summed E-state index contributed by atoms with van der Waals surface area (Å²) in [6, 6.07) is 0.0125. The molecule has 13 heteroatoms. The molecule has 3 atom stereocenters. The Labute approximate surface area is 182 Å². The monoisotopic (exact) mass is 470 g/mol. The van der Waals surface area contributed by atoms with Crippen LogP contribution in [-0.2, 0) is 23.4 Å². The van der Waals surface area contributed by atoms with Crippen molar-refractivity contribution in [3.63, 3.8) is 0 Å². The minimum Gasteiger partial charge on any atom is -0.579 e. The largest absolute Gasteiger partial charge is 0.579 e. The van der Waals surface area contributed by atoms with Crippen LogP contribution in [0.5, 0.6) is 0 Å². The van der Waals surface area contributed by atoms with E-state index >= 15 is 0 Å². The van der Waals surface area contributed by atoms with E-state index in [1.54, 1.807) is 24.1 Å². The number of nitrogens with zero attached hydrogens (tertiary/aromatic N) is 4. The van der Waals surface area contributed by atoms with Gasteiger partial charge >= 0.3 is 0 Å². The third kappa shape index (κ3) is 4.45. The second kappa shape index (κ2) is 8.59. The molecular weight excluding hydrogens is 453 g/mol. The number of aromatic nitrogens is 3. The third-order valence-corrected chi connectivity index (χ3v) is 7.19. The number of nitrogens with one attached hydrogen (secondary N) is 2. The van der Waals surface area contributed by atoms with E-state index in [0.717, 1.165) is 10.4 Å². The number of benzene rings is 1. The molecule has 0 radical (unpaired) electrons. The molecule has 3 heterocycles. The summed E-state index contributed by atoms with van der Waals surface area (Å²) in [5.74, 6) is -5.08. The van der Waals surface area contributed by atoms with E-state index in [1.807, 2.05) is 6.20 Å². The average molecular weight is 471 g/mol. The summed E-state index contributed by atoms with van der Waals surface area (Å²) in [7, 11) is 3.29. The van der Waals surface area contributed by atoms with Crippen molar-refractivity contribution in [2.45, 2.75) is 18.5 Å². The number of carbonyl (C=O) groups excluding carboxylic acids is 1. The Morgan fingerprint density at radius 3 is 2.65 bits per heavy atom. The predicted molar refractivity (Wildman–Crippen MR) is 109 cm³/mol. The van der Waals surface area contributed by atoms with E-state index in [0.29, 0.717) is 17.1 Å². The first-order chi connectivity index (χ1) is 14.7. The minimum atomic E-state index is -1.70. The molecule has 0 saturated carbocycles. The Balaban J connectivity index is 1.52. The fourth-order valence-electron chi connectivity index (χ4n) is 3.15. The molecule has 2 N–H and O–H groups in total. The number of rotatable bonds is 4. The van der Waals surface area contributed by atoms with Crippen molar-refractivity contribution in [1.82, 2.24) is 23.8 Å². The molecule has 3 unspecified atom stereocenters. The maximum Gasteiger partial charge on any atom is 0.246 e. The molecule has 0 aliphatic carbocycles. The molecule has 1 aliphatic heterocycles. The number of halogens is 3. The average Bonchev–Trinajstić information content (AvgIpc) is 3.37. The van der Waals surface area contributed by atoms with Crippen molar-refractivity contribution in [3.05, 3.63) is 53.2 Å². The normalized spacial score (nSPS) is 21.9. The molecule has 1 aromatic carbocycles. The molecule has 4 rings (SSSR count). The summed E-state index contributed by atoms with van der Waals surface area (Å²) in [5, 5.41) is 7.12. The van der Waals surface area contributed by atoms with E-state index in [4.69, 9.17) is 0 Å². The SMILES string of the molecule is CN1C(C(=O)Nc2cc(F)c(F)c(F)c2)CC(c2ncc(-c3cnn(C)c3)s2)N[S+]1[O-]. The maximum atomic E-state index is 13.5. The molecule has 8 nitrogen and oxygen atoms in total. The summed E-state index contributed by atoms with van der Waals surface area (Å²) < 4.78 is 58.4. The van der Waals surface area contributed by atoms with Crippen LogP contribution in [0.1, 0.15) is 17.5 Å². The lowest BCUT2D eigenvalue weighted by molar-refractivity contribution is -0.120. The van der Waals surface area contributed by atoms with Crippen molar-refractivity contribution < 1.29 is 22.5 Å². The quantitative estimate of drug-likeness (QED) is 0.449. The molecule has 0 bridgehead atoms.